The highest BCUT2D eigenvalue weighted by Crippen LogP contribution is 2.32. The molecule has 0 bridgehead atoms. The number of anilines is 3. The highest BCUT2D eigenvalue weighted by molar-refractivity contribution is 5.98. The average Bonchev–Trinajstić information content (AvgIpc) is 3.33. The molecular formula is C21H25FN4O. The summed E-state index contributed by atoms with van der Waals surface area (Å²) < 4.78 is 14.0. The molecule has 2 aliphatic rings. The zero-order valence-corrected chi connectivity index (χ0v) is 15.7. The highest BCUT2D eigenvalue weighted by Gasteiger charge is 2.30. The Bertz CT molecular complexity index is 838. The Hall–Kier alpha value is -2.60. The van der Waals surface area contributed by atoms with Crippen molar-refractivity contribution in [2.24, 2.45) is 0 Å². The zero-order valence-electron chi connectivity index (χ0n) is 15.7. The first-order chi connectivity index (χ1) is 13.0. The van der Waals surface area contributed by atoms with E-state index >= 15 is 0 Å². The number of rotatable bonds is 4. The van der Waals surface area contributed by atoms with Crippen LogP contribution in [0.25, 0.3) is 0 Å². The van der Waals surface area contributed by atoms with Crippen LogP contribution in [-0.4, -0.2) is 38.1 Å². The molecular weight excluding hydrogens is 343 g/mol. The molecule has 142 valence electrons. The Morgan fingerprint density at radius 3 is 2.89 bits per heavy atom. The van der Waals surface area contributed by atoms with E-state index in [2.05, 4.69) is 26.9 Å². The minimum atomic E-state index is -0.459. The summed E-state index contributed by atoms with van der Waals surface area (Å²) in [5.41, 5.74) is 4.17. The van der Waals surface area contributed by atoms with Crippen LogP contribution in [-0.2, 0) is 11.2 Å². The van der Waals surface area contributed by atoms with E-state index in [-0.39, 0.29) is 11.7 Å². The van der Waals surface area contributed by atoms with E-state index in [9.17, 15) is 9.18 Å². The van der Waals surface area contributed by atoms with E-state index in [1.807, 2.05) is 32.2 Å². The SMILES string of the molecule is CNC1CCN(c2cccc(NC(=O)C3Cc4c(F)ccc(C)c4N3)c2)C1. The Kier molecular flexibility index (Phi) is 4.74. The monoisotopic (exact) mass is 368 g/mol. The summed E-state index contributed by atoms with van der Waals surface area (Å²) in [6, 6.07) is 11.2. The predicted octanol–water partition coefficient (Wildman–Crippen LogP) is 2.91. The lowest BCUT2D eigenvalue weighted by Crippen LogP contribution is -2.33. The number of fused-ring (bicyclic) bond motifs is 1. The van der Waals surface area contributed by atoms with Gasteiger partial charge in [-0.25, -0.2) is 4.39 Å². The van der Waals surface area contributed by atoms with E-state index in [0.29, 0.717) is 18.0 Å². The molecule has 1 fully saturated rings. The molecule has 0 aromatic heterocycles. The fourth-order valence-corrected chi connectivity index (χ4v) is 3.97. The Labute approximate surface area is 158 Å². The topological polar surface area (TPSA) is 56.4 Å². The van der Waals surface area contributed by atoms with Crippen LogP contribution in [0.2, 0.25) is 0 Å². The van der Waals surface area contributed by atoms with Gasteiger partial charge < -0.3 is 20.9 Å². The fraction of sp³-hybridized carbons (Fsp3) is 0.381. The van der Waals surface area contributed by atoms with Crippen molar-refractivity contribution in [2.45, 2.75) is 31.8 Å². The molecule has 0 spiro atoms. The van der Waals surface area contributed by atoms with Gasteiger partial charge >= 0.3 is 0 Å². The zero-order chi connectivity index (χ0) is 19.0. The number of amides is 1. The van der Waals surface area contributed by atoms with Crippen molar-refractivity contribution in [3.8, 4) is 0 Å². The lowest BCUT2D eigenvalue weighted by molar-refractivity contribution is -0.116. The number of nitrogens with zero attached hydrogens (tertiary/aromatic N) is 1. The van der Waals surface area contributed by atoms with Gasteiger partial charge in [-0.15, -0.1) is 0 Å². The molecule has 1 saturated heterocycles. The first-order valence-electron chi connectivity index (χ1n) is 9.43. The number of nitrogens with one attached hydrogen (secondary N) is 3. The molecule has 1 amide bonds. The van der Waals surface area contributed by atoms with Gasteiger partial charge in [-0.1, -0.05) is 12.1 Å². The number of carbonyl (C=O) groups is 1. The summed E-state index contributed by atoms with van der Waals surface area (Å²) in [6.45, 7) is 3.89. The second kappa shape index (κ2) is 7.19. The number of carbonyl (C=O) groups excluding carboxylic acids is 1. The molecule has 0 saturated carbocycles. The normalized spacial score (nSPS) is 21.1. The standard InChI is InChI=1S/C21H25FN4O/c1-13-6-7-18(22)17-11-19(25-20(13)17)21(27)24-14-4-3-5-16(10-14)26-9-8-15(12-26)23-2/h3-7,10,15,19,23,25H,8-9,11-12H2,1-2H3,(H,24,27). The van der Waals surface area contributed by atoms with Gasteiger partial charge in [0.15, 0.2) is 0 Å². The van der Waals surface area contributed by atoms with Crippen molar-refractivity contribution in [1.82, 2.24) is 5.32 Å². The smallest absolute Gasteiger partial charge is 0.247 e. The minimum Gasteiger partial charge on any atom is -0.373 e. The number of hydrogen-bond acceptors (Lipinski definition) is 4. The van der Waals surface area contributed by atoms with Crippen molar-refractivity contribution in [3.05, 3.63) is 53.3 Å². The quantitative estimate of drug-likeness (QED) is 0.777. The maximum absolute atomic E-state index is 14.0. The maximum Gasteiger partial charge on any atom is 0.247 e. The molecule has 6 heteroatoms. The number of benzene rings is 2. The summed E-state index contributed by atoms with van der Waals surface area (Å²) in [7, 11) is 1.99. The highest BCUT2D eigenvalue weighted by atomic mass is 19.1. The van der Waals surface area contributed by atoms with Crippen LogP contribution in [0.3, 0.4) is 0 Å². The third-order valence-corrected chi connectivity index (χ3v) is 5.58. The average molecular weight is 368 g/mol. The molecule has 2 heterocycles. The summed E-state index contributed by atoms with van der Waals surface area (Å²) in [5.74, 6) is -0.398. The van der Waals surface area contributed by atoms with Crippen molar-refractivity contribution in [2.75, 3.05) is 35.7 Å². The Morgan fingerprint density at radius 2 is 2.15 bits per heavy atom. The Balaban J connectivity index is 1.44. The van der Waals surface area contributed by atoms with Crippen LogP contribution in [0.15, 0.2) is 36.4 Å². The minimum absolute atomic E-state index is 0.142. The molecule has 0 radical (unpaired) electrons. The molecule has 5 nitrogen and oxygen atoms in total. The molecule has 2 unspecified atom stereocenters. The molecule has 3 N–H and O–H groups in total. The van der Waals surface area contributed by atoms with Crippen LogP contribution >= 0.6 is 0 Å². The third kappa shape index (κ3) is 3.49. The second-order valence-corrected chi connectivity index (χ2v) is 7.38. The lowest BCUT2D eigenvalue weighted by Gasteiger charge is -2.20. The molecule has 27 heavy (non-hydrogen) atoms. The summed E-state index contributed by atoms with van der Waals surface area (Å²) in [6.07, 6.45) is 1.48. The van der Waals surface area contributed by atoms with Gasteiger partial charge in [0.2, 0.25) is 5.91 Å². The van der Waals surface area contributed by atoms with E-state index in [4.69, 9.17) is 0 Å². The molecule has 2 atom stereocenters. The summed E-state index contributed by atoms with van der Waals surface area (Å²) in [4.78, 5) is 15.0. The van der Waals surface area contributed by atoms with E-state index < -0.39 is 6.04 Å². The summed E-state index contributed by atoms with van der Waals surface area (Å²) >= 11 is 0. The molecule has 0 aliphatic carbocycles. The van der Waals surface area contributed by atoms with Crippen molar-refractivity contribution >= 4 is 23.0 Å². The predicted molar refractivity (Wildman–Crippen MR) is 107 cm³/mol. The molecule has 2 aromatic rings. The number of likely N-dealkylation sites (N-methyl/N-ethyl adjacent to an activating group) is 1. The van der Waals surface area contributed by atoms with E-state index in [0.717, 1.165) is 42.1 Å². The molecule has 2 aromatic carbocycles. The largest absolute Gasteiger partial charge is 0.373 e. The number of hydrogen-bond donors (Lipinski definition) is 3. The van der Waals surface area contributed by atoms with Crippen molar-refractivity contribution in [3.63, 3.8) is 0 Å². The van der Waals surface area contributed by atoms with Crippen molar-refractivity contribution < 1.29 is 9.18 Å². The van der Waals surface area contributed by atoms with Gasteiger partial charge in [-0.3, -0.25) is 4.79 Å². The van der Waals surface area contributed by atoms with Gasteiger partial charge in [0, 0.05) is 48.2 Å². The van der Waals surface area contributed by atoms with Gasteiger partial charge in [-0.2, -0.15) is 0 Å². The van der Waals surface area contributed by atoms with Gasteiger partial charge in [-0.05, 0) is 50.2 Å². The van der Waals surface area contributed by atoms with Crippen LogP contribution in [0.1, 0.15) is 17.5 Å². The molecule has 2 aliphatic heterocycles. The fourth-order valence-electron chi connectivity index (χ4n) is 3.97. The van der Waals surface area contributed by atoms with Crippen LogP contribution in [0.5, 0.6) is 0 Å². The van der Waals surface area contributed by atoms with Gasteiger partial charge in [0.25, 0.3) is 0 Å². The number of aryl methyl sites for hydroxylation is 1. The second-order valence-electron chi connectivity index (χ2n) is 7.38. The van der Waals surface area contributed by atoms with Crippen LogP contribution in [0.4, 0.5) is 21.5 Å². The van der Waals surface area contributed by atoms with E-state index in [1.54, 1.807) is 6.07 Å². The van der Waals surface area contributed by atoms with Crippen LogP contribution < -0.4 is 20.9 Å². The van der Waals surface area contributed by atoms with Gasteiger partial charge in [0.1, 0.15) is 11.9 Å². The number of halogens is 1. The van der Waals surface area contributed by atoms with Gasteiger partial charge in [0.05, 0.1) is 0 Å². The summed E-state index contributed by atoms with van der Waals surface area (Å²) in [5, 5.41) is 9.47. The van der Waals surface area contributed by atoms with Crippen LogP contribution in [0, 0.1) is 12.7 Å². The Morgan fingerprint density at radius 1 is 1.30 bits per heavy atom. The molecule has 4 rings (SSSR count). The lowest BCUT2D eigenvalue weighted by atomic mass is 10.1. The maximum atomic E-state index is 14.0. The van der Waals surface area contributed by atoms with Crippen molar-refractivity contribution in [1.29, 1.82) is 0 Å². The first kappa shape index (κ1) is 17.8. The first-order valence-corrected chi connectivity index (χ1v) is 9.43. The van der Waals surface area contributed by atoms with E-state index in [1.165, 1.54) is 6.07 Å². The third-order valence-electron chi connectivity index (χ3n) is 5.58.